The molecule has 1 N–H and O–H groups in total. The van der Waals surface area contributed by atoms with Gasteiger partial charge in [0.05, 0.1) is 23.9 Å². The lowest BCUT2D eigenvalue weighted by Gasteiger charge is -2.09. The zero-order chi connectivity index (χ0) is 19.4. The highest BCUT2D eigenvalue weighted by atomic mass is 32.2. The lowest BCUT2D eigenvalue weighted by atomic mass is 10.1. The number of hydrogen-bond donors (Lipinski definition) is 1. The monoisotopic (exact) mass is 377 g/mol. The van der Waals surface area contributed by atoms with Crippen molar-refractivity contribution in [3.05, 3.63) is 59.2 Å². The Labute approximate surface area is 162 Å². The molecule has 1 aromatic heterocycles. The van der Waals surface area contributed by atoms with Crippen LogP contribution in [0.1, 0.15) is 16.7 Å². The van der Waals surface area contributed by atoms with Gasteiger partial charge in [0.15, 0.2) is 0 Å². The third-order valence-corrected chi connectivity index (χ3v) is 5.20. The molecule has 136 valence electrons. The number of nitrogens with zero attached hydrogens (tertiary/aromatic N) is 2. The summed E-state index contributed by atoms with van der Waals surface area (Å²) in [4.78, 5) is 16.9. The first kappa shape index (κ1) is 18.7. The highest BCUT2D eigenvalue weighted by Crippen LogP contribution is 2.26. The number of aryl methyl sites for hydroxylation is 2. The van der Waals surface area contributed by atoms with Crippen molar-refractivity contribution in [3.63, 3.8) is 0 Å². The Hall–Kier alpha value is -3.04. The van der Waals surface area contributed by atoms with Gasteiger partial charge in [0.2, 0.25) is 5.91 Å². The number of amides is 1. The van der Waals surface area contributed by atoms with Crippen LogP contribution in [-0.2, 0) is 4.79 Å². The summed E-state index contributed by atoms with van der Waals surface area (Å²) in [5, 5.41) is 13.8. The van der Waals surface area contributed by atoms with Gasteiger partial charge in [-0.15, -0.1) is 0 Å². The van der Waals surface area contributed by atoms with Crippen LogP contribution in [0.3, 0.4) is 0 Å². The minimum Gasteiger partial charge on any atom is -0.497 e. The summed E-state index contributed by atoms with van der Waals surface area (Å²) in [7, 11) is 1.58. The maximum absolute atomic E-state index is 12.3. The number of ether oxygens (including phenoxy) is 1. The predicted molar refractivity (Wildman–Crippen MR) is 108 cm³/mol. The van der Waals surface area contributed by atoms with E-state index < -0.39 is 0 Å². The maximum atomic E-state index is 12.3. The number of carbonyl (C=O) groups is 1. The Morgan fingerprint density at radius 2 is 2.00 bits per heavy atom. The van der Waals surface area contributed by atoms with E-state index in [0.717, 1.165) is 22.0 Å². The number of nitrogens with one attached hydrogen (secondary N) is 1. The number of hydrogen-bond acceptors (Lipinski definition) is 5. The number of fused-ring (bicyclic) bond motifs is 1. The van der Waals surface area contributed by atoms with Gasteiger partial charge in [0, 0.05) is 17.1 Å². The van der Waals surface area contributed by atoms with Gasteiger partial charge in [-0.25, -0.2) is 4.98 Å². The Bertz CT molecular complexity index is 1060. The van der Waals surface area contributed by atoms with Crippen molar-refractivity contribution in [1.82, 2.24) is 4.98 Å². The van der Waals surface area contributed by atoms with Crippen LogP contribution in [0.15, 0.2) is 47.5 Å². The molecule has 3 rings (SSSR count). The van der Waals surface area contributed by atoms with E-state index in [1.807, 2.05) is 44.2 Å². The van der Waals surface area contributed by atoms with Gasteiger partial charge in [-0.1, -0.05) is 17.8 Å². The summed E-state index contributed by atoms with van der Waals surface area (Å²) in [6.07, 6.45) is 0. The molecular weight excluding hydrogens is 358 g/mol. The van der Waals surface area contributed by atoms with Crippen LogP contribution in [0, 0.1) is 25.2 Å². The third-order valence-electron chi connectivity index (χ3n) is 4.21. The standard InChI is InChI=1S/C21H19N3O2S/c1-13-7-15-9-16(11-22)21(24-19(15)8-14(13)2)27-12-20(25)23-17-5-4-6-18(10-17)26-3/h4-10H,12H2,1-3H3,(H,23,25). The molecule has 6 heteroatoms. The normalized spacial score (nSPS) is 10.4. The van der Waals surface area contributed by atoms with Gasteiger partial charge in [-0.05, 0) is 55.3 Å². The van der Waals surface area contributed by atoms with E-state index in [9.17, 15) is 10.1 Å². The van der Waals surface area contributed by atoms with E-state index in [0.29, 0.717) is 22.0 Å². The molecule has 1 amide bonds. The zero-order valence-corrected chi connectivity index (χ0v) is 16.2. The van der Waals surface area contributed by atoms with Crippen LogP contribution in [0.25, 0.3) is 10.9 Å². The number of nitriles is 1. The Morgan fingerprint density at radius 3 is 2.74 bits per heavy atom. The molecule has 0 saturated carbocycles. The first-order valence-corrected chi connectivity index (χ1v) is 9.37. The number of thioether (sulfide) groups is 1. The highest BCUT2D eigenvalue weighted by molar-refractivity contribution is 8.00. The summed E-state index contributed by atoms with van der Waals surface area (Å²) in [6, 6.07) is 15.2. The van der Waals surface area contributed by atoms with E-state index in [1.165, 1.54) is 11.8 Å². The number of carbonyl (C=O) groups excluding carboxylic acids is 1. The zero-order valence-electron chi connectivity index (χ0n) is 15.4. The van der Waals surface area contributed by atoms with Crippen molar-refractivity contribution >= 4 is 34.3 Å². The van der Waals surface area contributed by atoms with Gasteiger partial charge in [0.1, 0.15) is 16.8 Å². The molecule has 0 bridgehead atoms. The second kappa shape index (κ2) is 8.11. The molecule has 0 radical (unpaired) electrons. The van der Waals surface area contributed by atoms with Crippen molar-refractivity contribution in [3.8, 4) is 11.8 Å². The fourth-order valence-corrected chi connectivity index (χ4v) is 3.41. The molecule has 0 spiro atoms. The minimum atomic E-state index is -0.167. The number of pyridine rings is 1. The maximum Gasteiger partial charge on any atom is 0.234 e. The fourth-order valence-electron chi connectivity index (χ4n) is 2.64. The first-order valence-electron chi connectivity index (χ1n) is 8.39. The Balaban J connectivity index is 1.76. The third kappa shape index (κ3) is 4.39. The van der Waals surface area contributed by atoms with Gasteiger partial charge >= 0.3 is 0 Å². The van der Waals surface area contributed by atoms with Crippen molar-refractivity contribution in [2.45, 2.75) is 18.9 Å². The molecule has 0 aliphatic rings. The summed E-state index contributed by atoms with van der Waals surface area (Å²) in [5.41, 5.74) is 4.27. The summed E-state index contributed by atoms with van der Waals surface area (Å²) in [5.74, 6) is 0.670. The molecule has 0 atom stereocenters. The quantitative estimate of drug-likeness (QED) is 0.664. The van der Waals surface area contributed by atoms with Crippen LogP contribution >= 0.6 is 11.8 Å². The Kier molecular flexibility index (Phi) is 5.63. The van der Waals surface area contributed by atoms with Crippen LogP contribution < -0.4 is 10.1 Å². The van der Waals surface area contributed by atoms with Gasteiger partial charge in [-0.3, -0.25) is 4.79 Å². The predicted octanol–water partition coefficient (Wildman–Crippen LogP) is 4.46. The molecule has 0 aliphatic heterocycles. The van der Waals surface area contributed by atoms with E-state index in [4.69, 9.17) is 4.74 Å². The van der Waals surface area contributed by atoms with Crippen LogP contribution in [0.5, 0.6) is 5.75 Å². The van der Waals surface area contributed by atoms with Crippen molar-refractivity contribution < 1.29 is 9.53 Å². The summed E-state index contributed by atoms with van der Waals surface area (Å²) < 4.78 is 5.15. The molecule has 0 fully saturated rings. The van der Waals surface area contributed by atoms with E-state index in [2.05, 4.69) is 16.4 Å². The smallest absolute Gasteiger partial charge is 0.234 e. The van der Waals surface area contributed by atoms with E-state index in [1.54, 1.807) is 19.2 Å². The summed E-state index contributed by atoms with van der Waals surface area (Å²) in [6.45, 7) is 4.06. The van der Waals surface area contributed by atoms with Gasteiger partial charge < -0.3 is 10.1 Å². The first-order chi connectivity index (χ1) is 13.0. The SMILES string of the molecule is COc1cccc(NC(=O)CSc2nc3cc(C)c(C)cc3cc2C#N)c1. The lowest BCUT2D eigenvalue weighted by molar-refractivity contribution is -0.113. The minimum absolute atomic E-state index is 0.162. The van der Waals surface area contributed by atoms with Crippen LogP contribution in [0.4, 0.5) is 5.69 Å². The molecule has 0 saturated heterocycles. The van der Waals surface area contributed by atoms with Crippen molar-refractivity contribution in [2.75, 3.05) is 18.2 Å². The van der Waals surface area contributed by atoms with Crippen molar-refractivity contribution in [1.29, 1.82) is 5.26 Å². The van der Waals surface area contributed by atoms with Gasteiger partial charge in [-0.2, -0.15) is 5.26 Å². The highest BCUT2D eigenvalue weighted by Gasteiger charge is 2.11. The van der Waals surface area contributed by atoms with E-state index >= 15 is 0 Å². The number of benzene rings is 2. The molecule has 3 aromatic rings. The largest absolute Gasteiger partial charge is 0.497 e. The Morgan fingerprint density at radius 1 is 1.22 bits per heavy atom. The van der Waals surface area contributed by atoms with Gasteiger partial charge in [0.25, 0.3) is 0 Å². The molecule has 5 nitrogen and oxygen atoms in total. The summed E-state index contributed by atoms with van der Waals surface area (Å²) >= 11 is 1.26. The second-order valence-corrected chi connectivity index (χ2v) is 7.11. The van der Waals surface area contributed by atoms with Crippen LogP contribution in [-0.4, -0.2) is 23.8 Å². The topological polar surface area (TPSA) is 75.0 Å². The molecule has 0 aliphatic carbocycles. The van der Waals surface area contributed by atoms with Crippen molar-refractivity contribution in [2.24, 2.45) is 0 Å². The lowest BCUT2D eigenvalue weighted by Crippen LogP contribution is -2.14. The molecule has 27 heavy (non-hydrogen) atoms. The van der Waals surface area contributed by atoms with E-state index in [-0.39, 0.29) is 11.7 Å². The molecular formula is C21H19N3O2S. The number of anilines is 1. The molecule has 0 unspecified atom stereocenters. The average Bonchev–Trinajstić information content (AvgIpc) is 2.67. The number of aromatic nitrogens is 1. The second-order valence-electron chi connectivity index (χ2n) is 6.15. The molecule has 1 heterocycles. The van der Waals surface area contributed by atoms with Crippen LogP contribution in [0.2, 0.25) is 0 Å². The molecule has 2 aromatic carbocycles. The fraction of sp³-hybridized carbons (Fsp3) is 0.190. The number of methoxy groups -OCH3 is 1. The number of rotatable bonds is 5. The average molecular weight is 377 g/mol.